The van der Waals surface area contributed by atoms with E-state index in [-0.39, 0.29) is 36.0 Å². The Balaban J connectivity index is 2.74. The molecule has 1 aliphatic rings. The van der Waals surface area contributed by atoms with Gasteiger partial charge in [-0.3, -0.25) is 24.0 Å². The van der Waals surface area contributed by atoms with Crippen LogP contribution in [-0.4, -0.2) is 83.6 Å². The number of amides is 5. The van der Waals surface area contributed by atoms with Gasteiger partial charge in [-0.15, -0.1) is 0 Å². The summed E-state index contributed by atoms with van der Waals surface area (Å²) in [7, 11) is 3.17. The van der Waals surface area contributed by atoms with Crippen LogP contribution < -0.4 is 16.0 Å². The van der Waals surface area contributed by atoms with E-state index in [4.69, 9.17) is 0 Å². The number of nitrogens with zero attached hydrogens (tertiary/aromatic N) is 2. The number of nitrogens with one attached hydrogen (secondary N) is 3. The van der Waals surface area contributed by atoms with Gasteiger partial charge in [0.1, 0.15) is 30.2 Å². The molecule has 1 saturated heterocycles. The molecular weight excluding hydrogens is 582 g/mol. The van der Waals surface area contributed by atoms with Gasteiger partial charge in [-0.2, -0.15) is 0 Å². The second-order valence-corrected chi connectivity index (χ2v) is 14.8. The summed E-state index contributed by atoms with van der Waals surface area (Å²) in [6.45, 7) is 17.7. The zero-order valence-corrected chi connectivity index (χ0v) is 30.0. The summed E-state index contributed by atoms with van der Waals surface area (Å²) in [6, 6.07) is 3.21. The summed E-state index contributed by atoms with van der Waals surface area (Å²) in [6.07, 6.45) is 1.66. The Kier molecular flexibility index (Phi) is 14.7. The second-order valence-electron chi connectivity index (χ2n) is 14.8. The van der Waals surface area contributed by atoms with E-state index in [0.29, 0.717) is 25.7 Å². The first kappa shape index (κ1) is 38.8. The van der Waals surface area contributed by atoms with Gasteiger partial charge < -0.3 is 25.8 Å². The molecule has 0 saturated carbocycles. The minimum absolute atomic E-state index is 0.0577. The fourth-order valence-electron chi connectivity index (χ4n) is 6.05. The normalized spacial score (nSPS) is 24.3. The molecule has 1 aromatic rings. The molecule has 1 aliphatic heterocycles. The van der Waals surface area contributed by atoms with Gasteiger partial charge in [-0.05, 0) is 61.8 Å². The Hall–Kier alpha value is -3.43. The summed E-state index contributed by atoms with van der Waals surface area (Å²) >= 11 is 0. The predicted molar refractivity (Wildman–Crippen MR) is 182 cm³/mol. The highest BCUT2D eigenvalue weighted by atomic mass is 16.2. The van der Waals surface area contributed by atoms with Gasteiger partial charge in [0.2, 0.25) is 29.5 Å². The van der Waals surface area contributed by atoms with E-state index in [9.17, 15) is 24.0 Å². The maximum atomic E-state index is 14.3. The monoisotopic (exact) mass is 641 g/mol. The predicted octanol–water partition coefficient (Wildman–Crippen LogP) is 3.84. The number of likely N-dealkylation sites (N-methyl/N-ethyl adjacent to an activating group) is 2. The zero-order valence-electron chi connectivity index (χ0n) is 30.0. The summed E-state index contributed by atoms with van der Waals surface area (Å²) in [5.74, 6) is -1.88. The standard InChI is InChI=1S/C36H59N5O5/c1-21(2)15-27-32(42)38-29(20-26-14-12-13-25(9)19-26)36(46)41(11)31(18-24(7)8)34(44)39-28(16-22(3)4)35(45)40(10)30(17-23(5)6)33(43)37-27/h12-14,19,21-24,27-31H,15-18,20H2,1-11H3,(H,37,43)(H,38,42)(H,39,44)/t27-,28-,29+,30-,31-/m0/s1. The molecule has 5 amide bonds. The number of hydrogen-bond acceptors (Lipinski definition) is 5. The molecule has 0 aromatic heterocycles. The molecule has 1 aromatic carbocycles. The first-order valence-electron chi connectivity index (χ1n) is 16.9. The molecule has 5 atom stereocenters. The number of rotatable bonds is 10. The second kappa shape index (κ2) is 17.5. The third kappa shape index (κ3) is 11.4. The fraction of sp³-hybridized carbons (Fsp3) is 0.694. The van der Waals surface area contributed by atoms with Crippen molar-refractivity contribution in [2.45, 2.75) is 125 Å². The molecule has 0 spiro atoms. The van der Waals surface area contributed by atoms with Crippen molar-refractivity contribution in [3.05, 3.63) is 35.4 Å². The van der Waals surface area contributed by atoms with Gasteiger partial charge >= 0.3 is 0 Å². The van der Waals surface area contributed by atoms with Crippen LogP contribution in [0.25, 0.3) is 0 Å². The van der Waals surface area contributed by atoms with Crippen LogP contribution in [0.5, 0.6) is 0 Å². The lowest BCUT2D eigenvalue weighted by Gasteiger charge is -2.34. The van der Waals surface area contributed by atoms with E-state index in [1.54, 1.807) is 14.1 Å². The minimum atomic E-state index is -0.985. The SMILES string of the molecule is Cc1cccc(C[C@H]2NC(=O)[C@H](CC(C)C)NC(=O)[C@H](CC(C)C)N(C)C(=O)[C@H](CC(C)C)NC(=O)[C@H](CC(C)C)N(C)C2=O)c1. The van der Waals surface area contributed by atoms with Crippen LogP contribution in [-0.2, 0) is 30.4 Å². The molecule has 0 unspecified atom stereocenters. The van der Waals surface area contributed by atoms with Crippen molar-refractivity contribution in [1.29, 1.82) is 0 Å². The molecular formula is C36H59N5O5. The number of hydrogen-bond donors (Lipinski definition) is 3. The summed E-state index contributed by atoms with van der Waals surface area (Å²) in [5, 5.41) is 8.85. The van der Waals surface area contributed by atoms with Crippen LogP contribution in [0.2, 0.25) is 0 Å². The van der Waals surface area contributed by atoms with Crippen molar-refractivity contribution in [3.63, 3.8) is 0 Å². The topological polar surface area (TPSA) is 128 Å². The number of benzene rings is 1. The first-order chi connectivity index (χ1) is 21.4. The van der Waals surface area contributed by atoms with Gasteiger partial charge in [0.05, 0.1) is 0 Å². The largest absolute Gasteiger partial charge is 0.343 e. The molecule has 3 N–H and O–H groups in total. The van der Waals surface area contributed by atoms with E-state index >= 15 is 0 Å². The molecule has 258 valence electrons. The summed E-state index contributed by atoms with van der Waals surface area (Å²) in [5.41, 5.74) is 1.88. The van der Waals surface area contributed by atoms with Crippen molar-refractivity contribution in [3.8, 4) is 0 Å². The third-order valence-electron chi connectivity index (χ3n) is 8.42. The molecule has 1 heterocycles. The Bertz CT molecular complexity index is 1210. The Morgan fingerprint density at radius 2 is 1.00 bits per heavy atom. The van der Waals surface area contributed by atoms with E-state index in [1.807, 2.05) is 86.6 Å². The van der Waals surface area contributed by atoms with Crippen molar-refractivity contribution in [2.75, 3.05) is 14.1 Å². The highest BCUT2D eigenvalue weighted by Gasteiger charge is 2.39. The first-order valence-corrected chi connectivity index (χ1v) is 16.9. The van der Waals surface area contributed by atoms with E-state index in [1.165, 1.54) is 9.80 Å². The molecule has 0 aliphatic carbocycles. The van der Waals surface area contributed by atoms with Crippen LogP contribution in [0.3, 0.4) is 0 Å². The highest BCUT2D eigenvalue weighted by molar-refractivity contribution is 5.98. The number of carbonyl (C=O) groups is 5. The molecule has 46 heavy (non-hydrogen) atoms. The number of aryl methyl sites for hydroxylation is 1. The van der Waals surface area contributed by atoms with Gasteiger partial charge in [0, 0.05) is 20.5 Å². The lowest BCUT2D eigenvalue weighted by molar-refractivity contribution is -0.145. The van der Waals surface area contributed by atoms with Gasteiger partial charge in [0.25, 0.3) is 0 Å². The average Bonchev–Trinajstić information content (AvgIpc) is 2.94. The Morgan fingerprint density at radius 1 is 0.587 bits per heavy atom. The number of carbonyl (C=O) groups excluding carboxylic acids is 5. The van der Waals surface area contributed by atoms with Crippen molar-refractivity contribution < 1.29 is 24.0 Å². The molecule has 10 heteroatoms. The van der Waals surface area contributed by atoms with E-state index < -0.39 is 53.8 Å². The van der Waals surface area contributed by atoms with Gasteiger partial charge in [-0.25, -0.2) is 0 Å². The highest BCUT2D eigenvalue weighted by Crippen LogP contribution is 2.20. The summed E-state index contributed by atoms with van der Waals surface area (Å²) < 4.78 is 0. The fourth-order valence-corrected chi connectivity index (χ4v) is 6.05. The summed E-state index contributed by atoms with van der Waals surface area (Å²) in [4.78, 5) is 73.1. The maximum absolute atomic E-state index is 14.3. The van der Waals surface area contributed by atoms with E-state index in [2.05, 4.69) is 16.0 Å². The molecule has 0 radical (unpaired) electrons. The average molecular weight is 642 g/mol. The van der Waals surface area contributed by atoms with E-state index in [0.717, 1.165) is 11.1 Å². The van der Waals surface area contributed by atoms with Crippen LogP contribution >= 0.6 is 0 Å². The zero-order chi connectivity index (χ0) is 34.9. The Labute approximate surface area is 276 Å². The third-order valence-corrected chi connectivity index (χ3v) is 8.42. The van der Waals surface area contributed by atoms with Gasteiger partial charge in [-0.1, -0.05) is 85.2 Å². The quantitative estimate of drug-likeness (QED) is 0.358. The molecule has 10 nitrogen and oxygen atoms in total. The lowest BCUT2D eigenvalue weighted by atomic mass is 9.97. The van der Waals surface area contributed by atoms with Crippen LogP contribution in [0.15, 0.2) is 24.3 Å². The molecule has 0 bridgehead atoms. The van der Waals surface area contributed by atoms with Crippen molar-refractivity contribution in [2.24, 2.45) is 23.7 Å². The smallest absolute Gasteiger partial charge is 0.245 e. The van der Waals surface area contributed by atoms with Crippen molar-refractivity contribution in [1.82, 2.24) is 25.8 Å². The minimum Gasteiger partial charge on any atom is -0.343 e. The van der Waals surface area contributed by atoms with Crippen LogP contribution in [0.4, 0.5) is 0 Å². The van der Waals surface area contributed by atoms with Gasteiger partial charge in [0.15, 0.2) is 0 Å². The maximum Gasteiger partial charge on any atom is 0.245 e. The van der Waals surface area contributed by atoms with Crippen LogP contribution in [0, 0.1) is 30.6 Å². The molecule has 1 fully saturated rings. The Morgan fingerprint density at radius 3 is 1.46 bits per heavy atom. The van der Waals surface area contributed by atoms with Crippen molar-refractivity contribution >= 4 is 29.5 Å². The van der Waals surface area contributed by atoms with Crippen LogP contribution in [0.1, 0.15) is 92.2 Å². The lowest BCUT2D eigenvalue weighted by Crippen LogP contribution is -2.58. The molecule has 2 rings (SSSR count).